The second-order valence-electron chi connectivity index (χ2n) is 10.5. The molecule has 3 atom stereocenters. The topological polar surface area (TPSA) is 117 Å². The van der Waals surface area contributed by atoms with Gasteiger partial charge in [-0.2, -0.15) is 0 Å². The van der Waals surface area contributed by atoms with E-state index >= 15 is 0 Å². The highest BCUT2D eigenvalue weighted by atomic mass is 35.5. The molecule has 2 unspecified atom stereocenters. The van der Waals surface area contributed by atoms with Gasteiger partial charge in [-0.1, -0.05) is 11.6 Å². The van der Waals surface area contributed by atoms with Gasteiger partial charge in [-0.15, -0.1) is 13.2 Å². The Balaban J connectivity index is 1.16. The number of nitrogens with one attached hydrogen (secondary N) is 2. The molecule has 8 nitrogen and oxygen atoms in total. The van der Waals surface area contributed by atoms with Gasteiger partial charge in [0.1, 0.15) is 5.75 Å². The number of aliphatic hydroxyl groups excluding tert-OH is 2. The van der Waals surface area contributed by atoms with Crippen molar-refractivity contribution in [1.82, 2.24) is 10.6 Å². The quantitative estimate of drug-likeness (QED) is 0.463. The highest BCUT2D eigenvalue weighted by molar-refractivity contribution is 6.30. The molecule has 4 fully saturated rings. The molecule has 5 aliphatic rings. The summed E-state index contributed by atoms with van der Waals surface area (Å²) in [7, 11) is 0. The van der Waals surface area contributed by atoms with E-state index < -0.39 is 53.7 Å². The Labute approximate surface area is 210 Å². The average molecular weight is 533 g/mol. The van der Waals surface area contributed by atoms with Gasteiger partial charge < -0.3 is 25.6 Å². The molecule has 0 radical (unpaired) electrons. The van der Waals surface area contributed by atoms with Crippen LogP contribution in [-0.2, 0) is 14.3 Å². The van der Waals surface area contributed by atoms with Gasteiger partial charge in [0, 0.05) is 28.5 Å². The van der Waals surface area contributed by atoms with Crippen LogP contribution in [0.1, 0.15) is 63.0 Å². The van der Waals surface area contributed by atoms with Crippen LogP contribution >= 0.6 is 11.6 Å². The standard InChI is InChI=1S/C24H28ClF3N2O6/c25-13-1-2-17-15(9-13)16(31)10-18(35-17)21(34)30-23-5-3-22(4-6-23,11-19(23)32)29-20(33)12-7-14(8-12)36-24(26,27)28/h1-2,9,12,14,16,18-19,31-32H,3-8,10-11H2,(H,29,33)(H,30,34)/t12-,14+,16?,18?,19-,22?,23?/m0/s1. The van der Waals surface area contributed by atoms with Crippen molar-refractivity contribution in [3.05, 3.63) is 28.8 Å². The number of fused-ring (bicyclic) bond motifs is 4. The summed E-state index contributed by atoms with van der Waals surface area (Å²) < 4.78 is 46.8. The number of hydrogen-bond donors (Lipinski definition) is 4. The molecule has 198 valence electrons. The summed E-state index contributed by atoms with van der Waals surface area (Å²) in [6.07, 6.45) is -6.34. The fraction of sp³-hybridized carbons (Fsp3) is 0.667. The maximum Gasteiger partial charge on any atom is 0.522 e. The van der Waals surface area contributed by atoms with Gasteiger partial charge in [0.15, 0.2) is 6.10 Å². The van der Waals surface area contributed by atoms with Gasteiger partial charge in [-0.25, -0.2) is 0 Å². The van der Waals surface area contributed by atoms with E-state index in [-0.39, 0.29) is 31.6 Å². The van der Waals surface area contributed by atoms with E-state index in [1.54, 1.807) is 18.2 Å². The van der Waals surface area contributed by atoms with Crippen LogP contribution in [0.2, 0.25) is 5.02 Å². The third kappa shape index (κ3) is 4.90. The van der Waals surface area contributed by atoms with Gasteiger partial charge in [0.05, 0.1) is 23.9 Å². The van der Waals surface area contributed by atoms with Crippen molar-refractivity contribution in [3.63, 3.8) is 0 Å². The molecular formula is C24H28ClF3N2O6. The molecule has 6 rings (SSSR count). The summed E-state index contributed by atoms with van der Waals surface area (Å²) in [6.45, 7) is 0. The SMILES string of the molecule is O=C(NC12CCC(NC(=O)[C@H]3C[C@@H](OC(F)(F)F)C3)(CC1)C[C@@H]2O)C1CC(O)c2cc(Cl)ccc2O1. The van der Waals surface area contributed by atoms with E-state index in [0.29, 0.717) is 42.0 Å². The Hall–Kier alpha value is -2.08. The Bertz CT molecular complexity index is 1040. The fourth-order valence-electron chi connectivity index (χ4n) is 5.99. The average Bonchev–Trinajstić information content (AvgIpc) is 2.76. The molecule has 36 heavy (non-hydrogen) atoms. The van der Waals surface area contributed by atoms with E-state index in [0.717, 1.165) is 0 Å². The molecular weight excluding hydrogens is 505 g/mol. The molecule has 1 aromatic carbocycles. The molecule has 0 spiro atoms. The highest BCUT2D eigenvalue weighted by Crippen LogP contribution is 2.48. The summed E-state index contributed by atoms with van der Waals surface area (Å²) >= 11 is 5.98. The fourth-order valence-corrected chi connectivity index (χ4v) is 6.18. The number of hydrogen-bond acceptors (Lipinski definition) is 6. The molecule has 0 saturated heterocycles. The van der Waals surface area contributed by atoms with Crippen LogP contribution < -0.4 is 15.4 Å². The first kappa shape index (κ1) is 25.6. The lowest BCUT2D eigenvalue weighted by molar-refractivity contribution is -0.353. The molecule has 0 aromatic heterocycles. The molecule has 2 amide bonds. The Morgan fingerprint density at radius 1 is 1.06 bits per heavy atom. The van der Waals surface area contributed by atoms with Gasteiger partial charge in [-0.05, 0) is 63.1 Å². The van der Waals surface area contributed by atoms with E-state index in [1.807, 2.05) is 0 Å². The lowest BCUT2D eigenvalue weighted by Crippen LogP contribution is -2.71. The molecule has 2 bridgehead atoms. The summed E-state index contributed by atoms with van der Waals surface area (Å²) in [5.41, 5.74) is -1.02. The second-order valence-corrected chi connectivity index (χ2v) is 11.0. The predicted molar refractivity (Wildman–Crippen MR) is 120 cm³/mol. The summed E-state index contributed by atoms with van der Waals surface area (Å²) in [6, 6.07) is 4.81. The van der Waals surface area contributed by atoms with E-state index in [2.05, 4.69) is 15.4 Å². The van der Waals surface area contributed by atoms with E-state index in [9.17, 15) is 33.0 Å². The zero-order chi connectivity index (χ0) is 25.9. The maximum absolute atomic E-state index is 13.1. The minimum Gasteiger partial charge on any atom is -0.480 e. The van der Waals surface area contributed by atoms with Crippen LogP contribution in [0.15, 0.2) is 18.2 Å². The zero-order valence-electron chi connectivity index (χ0n) is 19.3. The molecule has 12 heteroatoms. The predicted octanol–water partition coefficient (Wildman–Crippen LogP) is 2.89. The van der Waals surface area contributed by atoms with Crippen molar-refractivity contribution in [1.29, 1.82) is 0 Å². The smallest absolute Gasteiger partial charge is 0.480 e. The van der Waals surface area contributed by atoms with Crippen molar-refractivity contribution >= 4 is 23.4 Å². The first-order chi connectivity index (χ1) is 16.9. The summed E-state index contributed by atoms with van der Waals surface area (Å²) in [5, 5.41) is 27.8. The van der Waals surface area contributed by atoms with Crippen LogP contribution in [0.4, 0.5) is 13.2 Å². The normalized spacial score (nSPS) is 37.3. The zero-order valence-corrected chi connectivity index (χ0v) is 20.1. The minimum absolute atomic E-state index is 0.00649. The van der Waals surface area contributed by atoms with Crippen molar-refractivity contribution < 1.29 is 42.4 Å². The molecule has 4 saturated carbocycles. The Kier molecular flexibility index (Phi) is 6.42. The van der Waals surface area contributed by atoms with Crippen LogP contribution in [0.25, 0.3) is 0 Å². The van der Waals surface area contributed by atoms with Crippen LogP contribution in [0, 0.1) is 5.92 Å². The van der Waals surface area contributed by atoms with Gasteiger partial charge in [0.25, 0.3) is 5.91 Å². The number of benzene rings is 1. The third-order valence-electron chi connectivity index (χ3n) is 8.18. The van der Waals surface area contributed by atoms with E-state index in [1.165, 1.54) is 0 Å². The van der Waals surface area contributed by atoms with Crippen molar-refractivity contribution in [2.45, 2.75) is 93.2 Å². The summed E-state index contributed by atoms with van der Waals surface area (Å²) in [4.78, 5) is 25.8. The van der Waals surface area contributed by atoms with Gasteiger partial charge in [-0.3, -0.25) is 14.3 Å². The second kappa shape index (κ2) is 9.04. The largest absolute Gasteiger partial charge is 0.522 e. The van der Waals surface area contributed by atoms with Crippen LogP contribution in [-0.4, -0.2) is 57.8 Å². The number of halogens is 4. The Morgan fingerprint density at radius 2 is 1.75 bits per heavy atom. The van der Waals surface area contributed by atoms with Crippen LogP contribution in [0.5, 0.6) is 5.75 Å². The summed E-state index contributed by atoms with van der Waals surface area (Å²) in [5.74, 6) is -0.933. The molecule has 4 aliphatic carbocycles. The van der Waals surface area contributed by atoms with E-state index in [4.69, 9.17) is 16.3 Å². The number of carbonyl (C=O) groups is 2. The Morgan fingerprint density at radius 3 is 2.39 bits per heavy atom. The third-order valence-corrected chi connectivity index (χ3v) is 8.41. The van der Waals surface area contributed by atoms with Crippen molar-refractivity contribution in [2.24, 2.45) is 5.92 Å². The minimum atomic E-state index is -4.72. The molecule has 1 heterocycles. The van der Waals surface area contributed by atoms with Gasteiger partial charge >= 0.3 is 6.36 Å². The monoisotopic (exact) mass is 532 g/mol. The number of aliphatic hydroxyl groups is 2. The van der Waals surface area contributed by atoms with Crippen molar-refractivity contribution in [3.8, 4) is 5.75 Å². The van der Waals surface area contributed by atoms with Crippen molar-refractivity contribution in [2.75, 3.05) is 0 Å². The maximum atomic E-state index is 13.1. The lowest BCUT2D eigenvalue weighted by Gasteiger charge is -2.57. The highest BCUT2D eigenvalue weighted by Gasteiger charge is 2.56. The first-order valence-corrected chi connectivity index (χ1v) is 12.5. The number of carbonyl (C=O) groups excluding carboxylic acids is 2. The number of ether oxygens (including phenoxy) is 2. The number of alkyl halides is 3. The van der Waals surface area contributed by atoms with Gasteiger partial charge in [0.2, 0.25) is 5.91 Å². The molecule has 4 N–H and O–H groups in total. The van der Waals surface area contributed by atoms with Crippen LogP contribution in [0.3, 0.4) is 0 Å². The number of rotatable bonds is 5. The molecule has 1 aromatic rings. The lowest BCUT2D eigenvalue weighted by atomic mass is 9.59. The first-order valence-electron chi connectivity index (χ1n) is 12.1. The number of amides is 2. The molecule has 1 aliphatic heterocycles.